The maximum atomic E-state index is 12.4. The van der Waals surface area contributed by atoms with Gasteiger partial charge in [0.15, 0.2) is 0 Å². The number of nitrogens with zero attached hydrogens (tertiary/aromatic N) is 2. The summed E-state index contributed by atoms with van der Waals surface area (Å²) in [6.45, 7) is 2.37. The Balaban J connectivity index is 1.70. The summed E-state index contributed by atoms with van der Waals surface area (Å²) < 4.78 is 32.4. The first-order valence-corrected chi connectivity index (χ1v) is 9.90. The topological polar surface area (TPSA) is 110 Å². The molecule has 3 aromatic rings. The van der Waals surface area contributed by atoms with E-state index in [0.29, 0.717) is 23.6 Å². The van der Waals surface area contributed by atoms with Crippen molar-refractivity contribution in [3.8, 4) is 5.75 Å². The molecule has 144 valence electrons. The second-order valence-electron chi connectivity index (χ2n) is 5.62. The van der Waals surface area contributed by atoms with Crippen LogP contribution in [0.15, 0.2) is 71.9 Å². The van der Waals surface area contributed by atoms with Crippen LogP contribution in [0.3, 0.4) is 0 Å². The Morgan fingerprint density at radius 2 is 1.75 bits per heavy atom. The number of nitrogens with one attached hydrogen (secondary N) is 2. The Morgan fingerprint density at radius 1 is 1.04 bits per heavy atom. The summed E-state index contributed by atoms with van der Waals surface area (Å²) >= 11 is 0. The van der Waals surface area contributed by atoms with Gasteiger partial charge in [-0.05, 0) is 55.5 Å². The molecule has 0 saturated heterocycles. The maximum Gasteiger partial charge on any atom is 0.264 e. The number of carbonyl (C=O) groups excluding carboxylic acids is 1. The molecule has 0 aliphatic rings. The van der Waals surface area contributed by atoms with E-state index in [1.54, 1.807) is 30.3 Å². The molecule has 1 heterocycles. The van der Waals surface area contributed by atoms with Gasteiger partial charge in [-0.15, -0.1) is 0 Å². The fourth-order valence-corrected chi connectivity index (χ4v) is 3.30. The van der Waals surface area contributed by atoms with Crippen LogP contribution in [0, 0.1) is 0 Å². The van der Waals surface area contributed by atoms with Crippen molar-refractivity contribution >= 4 is 27.6 Å². The van der Waals surface area contributed by atoms with E-state index in [9.17, 15) is 13.2 Å². The minimum Gasteiger partial charge on any atom is -0.494 e. The fraction of sp³-hybridized carbons (Fsp3) is 0.105. The fourth-order valence-electron chi connectivity index (χ4n) is 2.35. The Labute approximate surface area is 162 Å². The van der Waals surface area contributed by atoms with Gasteiger partial charge in [-0.25, -0.2) is 23.1 Å². The summed E-state index contributed by atoms with van der Waals surface area (Å²) in [6.07, 6.45) is 2.87. The zero-order valence-corrected chi connectivity index (χ0v) is 15.8. The summed E-state index contributed by atoms with van der Waals surface area (Å²) in [4.78, 5) is 20.1. The summed E-state index contributed by atoms with van der Waals surface area (Å²) in [5, 5.41) is 2.72. The number of carbonyl (C=O) groups is 1. The predicted molar refractivity (Wildman–Crippen MR) is 105 cm³/mol. The largest absolute Gasteiger partial charge is 0.494 e. The highest BCUT2D eigenvalue weighted by Crippen LogP contribution is 2.18. The number of anilines is 2. The molecule has 0 aliphatic carbocycles. The van der Waals surface area contributed by atoms with Crippen molar-refractivity contribution in [1.29, 1.82) is 0 Å². The first-order chi connectivity index (χ1) is 13.5. The monoisotopic (exact) mass is 398 g/mol. The molecule has 1 aromatic heterocycles. The van der Waals surface area contributed by atoms with E-state index >= 15 is 0 Å². The van der Waals surface area contributed by atoms with Crippen LogP contribution >= 0.6 is 0 Å². The highest BCUT2D eigenvalue weighted by Gasteiger charge is 2.16. The van der Waals surface area contributed by atoms with Crippen LogP contribution < -0.4 is 14.8 Å². The minimum absolute atomic E-state index is 0.0194. The molecule has 1 amide bonds. The van der Waals surface area contributed by atoms with Crippen molar-refractivity contribution in [1.82, 2.24) is 9.97 Å². The number of sulfonamides is 1. The molecular weight excluding hydrogens is 380 g/mol. The Hall–Kier alpha value is -3.46. The third-order valence-corrected chi connectivity index (χ3v) is 4.97. The number of ether oxygens (including phenoxy) is 1. The van der Waals surface area contributed by atoms with Crippen molar-refractivity contribution in [2.24, 2.45) is 0 Å². The molecule has 28 heavy (non-hydrogen) atoms. The average molecular weight is 398 g/mol. The quantitative estimate of drug-likeness (QED) is 0.633. The third-order valence-electron chi connectivity index (χ3n) is 3.62. The van der Waals surface area contributed by atoms with Gasteiger partial charge < -0.3 is 10.1 Å². The SMILES string of the molecule is CCOc1cccc(C(=O)Nc2ccc(S(=O)(=O)Nc3ncccn3)cc2)c1. The zero-order valence-electron chi connectivity index (χ0n) is 15.0. The summed E-state index contributed by atoms with van der Waals surface area (Å²) in [5.74, 6) is 0.257. The second-order valence-corrected chi connectivity index (χ2v) is 7.30. The molecule has 0 aliphatic heterocycles. The standard InChI is InChI=1S/C19H18N4O4S/c1-2-27-16-6-3-5-14(13-16)18(24)22-15-7-9-17(10-8-15)28(25,26)23-19-20-11-4-12-21-19/h3-13H,2H2,1H3,(H,22,24)(H,20,21,23). The van der Waals surface area contributed by atoms with Crippen molar-refractivity contribution in [3.63, 3.8) is 0 Å². The van der Waals surface area contributed by atoms with E-state index in [0.717, 1.165) is 0 Å². The third kappa shape index (κ3) is 4.83. The normalized spacial score (nSPS) is 10.9. The molecule has 0 fully saturated rings. The van der Waals surface area contributed by atoms with Crippen LogP contribution in [0.5, 0.6) is 5.75 Å². The maximum absolute atomic E-state index is 12.4. The lowest BCUT2D eigenvalue weighted by molar-refractivity contribution is 0.102. The lowest BCUT2D eigenvalue weighted by atomic mass is 10.2. The Morgan fingerprint density at radius 3 is 2.43 bits per heavy atom. The van der Waals surface area contributed by atoms with Gasteiger partial charge in [0.05, 0.1) is 11.5 Å². The summed E-state index contributed by atoms with van der Waals surface area (Å²) in [6, 6.07) is 14.2. The molecule has 0 radical (unpaired) electrons. The van der Waals surface area contributed by atoms with Crippen LogP contribution in [-0.2, 0) is 10.0 Å². The van der Waals surface area contributed by atoms with Crippen LogP contribution in [0.25, 0.3) is 0 Å². The first-order valence-electron chi connectivity index (χ1n) is 8.42. The molecule has 8 nitrogen and oxygen atoms in total. The lowest BCUT2D eigenvalue weighted by Crippen LogP contribution is -2.15. The minimum atomic E-state index is -3.83. The molecular formula is C19H18N4O4S. The highest BCUT2D eigenvalue weighted by molar-refractivity contribution is 7.92. The van der Waals surface area contributed by atoms with E-state index in [4.69, 9.17) is 4.74 Å². The van der Waals surface area contributed by atoms with Gasteiger partial charge >= 0.3 is 0 Å². The number of hydrogen-bond acceptors (Lipinski definition) is 6. The number of amides is 1. The van der Waals surface area contributed by atoms with E-state index < -0.39 is 10.0 Å². The average Bonchev–Trinajstić information content (AvgIpc) is 2.69. The van der Waals surface area contributed by atoms with Gasteiger partial charge in [0.1, 0.15) is 5.75 Å². The van der Waals surface area contributed by atoms with Gasteiger partial charge in [0.2, 0.25) is 5.95 Å². The molecule has 0 bridgehead atoms. The molecule has 0 unspecified atom stereocenters. The lowest BCUT2D eigenvalue weighted by Gasteiger charge is -2.09. The number of aromatic nitrogens is 2. The zero-order chi connectivity index (χ0) is 20.0. The summed E-state index contributed by atoms with van der Waals surface area (Å²) in [5.41, 5.74) is 0.896. The number of benzene rings is 2. The van der Waals surface area contributed by atoms with Gasteiger partial charge in [-0.3, -0.25) is 4.79 Å². The molecule has 2 N–H and O–H groups in total. The highest BCUT2D eigenvalue weighted by atomic mass is 32.2. The van der Waals surface area contributed by atoms with E-state index in [-0.39, 0.29) is 16.8 Å². The van der Waals surface area contributed by atoms with Crippen molar-refractivity contribution in [2.75, 3.05) is 16.6 Å². The van der Waals surface area contributed by atoms with Crippen molar-refractivity contribution in [3.05, 3.63) is 72.6 Å². The van der Waals surface area contributed by atoms with Crippen LogP contribution in [0.1, 0.15) is 17.3 Å². The van der Waals surface area contributed by atoms with Crippen molar-refractivity contribution < 1.29 is 17.9 Å². The molecule has 3 rings (SSSR count). The number of hydrogen-bond donors (Lipinski definition) is 2. The molecule has 9 heteroatoms. The van der Waals surface area contributed by atoms with Gasteiger partial charge in [0.25, 0.3) is 15.9 Å². The van der Waals surface area contributed by atoms with E-state index in [2.05, 4.69) is 20.0 Å². The number of rotatable bonds is 7. The predicted octanol–water partition coefficient (Wildman–Crippen LogP) is 2.93. The van der Waals surface area contributed by atoms with Gasteiger partial charge in [0, 0.05) is 23.6 Å². The van der Waals surface area contributed by atoms with Crippen molar-refractivity contribution in [2.45, 2.75) is 11.8 Å². The van der Waals surface area contributed by atoms with Gasteiger partial charge in [-0.1, -0.05) is 6.07 Å². The molecule has 0 saturated carbocycles. The van der Waals surface area contributed by atoms with E-state index in [1.807, 2.05) is 6.92 Å². The smallest absolute Gasteiger partial charge is 0.264 e. The Kier molecular flexibility index (Phi) is 5.85. The van der Waals surface area contributed by atoms with Crippen LogP contribution in [0.2, 0.25) is 0 Å². The second kappa shape index (κ2) is 8.49. The molecule has 2 aromatic carbocycles. The van der Waals surface area contributed by atoms with Crippen LogP contribution in [0.4, 0.5) is 11.6 Å². The van der Waals surface area contributed by atoms with Crippen LogP contribution in [-0.4, -0.2) is 30.9 Å². The molecule has 0 atom stereocenters. The summed E-state index contributed by atoms with van der Waals surface area (Å²) in [7, 11) is -3.83. The molecule has 0 spiro atoms. The first kappa shape index (κ1) is 19.3. The van der Waals surface area contributed by atoms with Gasteiger partial charge in [-0.2, -0.15) is 0 Å². The Bertz CT molecular complexity index is 1050. The van der Waals surface area contributed by atoms with E-state index in [1.165, 1.54) is 36.7 Å².